The second-order valence-electron chi connectivity index (χ2n) is 7.83. The number of carbonyl (C=O) groups is 2. The van der Waals surface area contributed by atoms with Crippen molar-refractivity contribution in [3.05, 3.63) is 35.4 Å². The molecule has 28 heavy (non-hydrogen) atoms. The Hall–Kier alpha value is -1.84. The largest absolute Gasteiger partial charge is 0.352 e. The van der Waals surface area contributed by atoms with Gasteiger partial charge in [-0.2, -0.15) is 0 Å². The fourth-order valence-electron chi connectivity index (χ4n) is 3.37. The Labute approximate surface area is 171 Å². The van der Waals surface area contributed by atoms with Gasteiger partial charge in [-0.15, -0.1) is 0 Å². The van der Waals surface area contributed by atoms with Crippen molar-refractivity contribution in [3.8, 4) is 0 Å². The zero-order valence-electron chi connectivity index (χ0n) is 18.4. The Balaban J connectivity index is 2.59. The third-order valence-corrected chi connectivity index (χ3v) is 5.58. The number of nitrogens with one attached hydrogen (secondary N) is 2. The standard InChI is InChI=1S/C24H40N2O2/c1-5-9-12-19(7-3)17-25-23(27)21-14-11-15-22(16-21)24(28)26-18-20(8-4)13-10-6-2/h11,14-16,19-20H,5-10,12-13,17-18H2,1-4H3,(H,25,27)(H,26,28). The van der Waals surface area contributed by atoms with Crippen molar-refractivity contribution in [1.82, 2.24) is 10.6 Å². The van der Waals surface area contributed by atoms with Crippen molar-refractivity contribution in [1.29, 1.82) is 0 Å². The van der Waals surface area contributed by atoms with Crippen LogP contribution in [-0.2, 0) is 0 Å². The summed E-state index contributed by atoms with van der Waals surface area (Å²) in [6.45, 7) is 10.1. The van der Waals surface area contributed by atoms with Crippen molar-refractivity contribution in [3.63, 3.8) is 0 Å². The van der Waals surface area contributed by atoms with Crippen LogP contribution in [0.3, 0.4) is 0 Å². The maximum atomic E-state index is 12.5. The number of rotatable bonds is 14. The molecule has 0 saturated carbocycles. The quantitative estimate of drug-likeness (QED) is 0.437. The van der Waals surface area contributed by atoms with Crippen LogP contribution in [0.1, 0.15) is 99.8 Å². The fraction of sp³-hybridized carbons (Fsp3) is 0.667. The number of hydrogen-bond acceptors (Lipinski definition) is 2. The van der Waals surface area contributed by atoms with Crippen LogP contribution in [0.4, 0.5) is 0 Å². The molecule has 1 rings (SSSR count). The molecule has 0 aromatic heterocycles. The molecule has 0 radical (unpaired) electrons. The van der Waals surface area contributed by atoms with E-state index >= 15 is 0 Å². The van der Waals surface area contributed by atoms with Crippen LogP contribution in [0.15, 0.2) is 24.3 Å². The third kappa shape index (κ3) is 8.90. The maximum Gasteiger partial charge on any atom is 0.251 e. The fourth-order valence-corrected chi connectivity index (χ4v) is 3.37. The highest BCUT2D eigenvalue weighted by atomic mass is 16.2. The van der Waals surface area contributed by atoms with Crippen LogP contribution in [-0.4, -0.2) is 24.9 Å². The molecule has 2 unspecified atom stereocenters. The summed E-state index contributed by atoms with van der Waals surface area (Å²) in [6, 6.07) is 7.03. The molecule has 4 heteroatoms. The zero-order valence-corrected chi connectivity index (χ0v) is 18.4. The summed E-state index contributed by atoms with van der Waals surface area (Å²) in [4.78, 5) is 25.0. The minimum Gasteiger partial charge on any atom is -0.352 e. The molecule has 1 aromatic carbocycles. The molecule has 0 aliphatic heterocycles. The predicted molar refractivity (Wildman–Crippen MR) is 118 cm³/mol. The lowest BCUT2D eigenvalue weighted by Crippen LogP contribution is -2.31. The van der Waals surface area contributed by atoms with E-state index in [4.69, 9.17) is 0 Å². The van der Waals surface area contributed by atoms with Gasteiger partial charge >= 0.3 is 0 Å². The second-order valence-corrected chi connectivity index (χ2v) is 7.83. The van der Waals surface area contributed by atoms with E-state index in [1.165, 1.54) is 25.7 Å². The van der Waals surface area contributed by atoms with Crippen LogP contribution in [0.2, 0.25) is 0 Å². The number of amides is 2. The van der Waals surface area contributed by atoms with Gasteiger partial charge in [-0.1, -0.05) is 72.3 Å². The third-order valence-electron chi connectivity index (χ3n) is 5.58. The van der Waals surface area contributed by atoms with E-state index in [9.17, 15) is 9.59 Å². The predicted octanol–water partition coefficient (Wildman–Crippen LogP) is 5.58. The van der Waals surface area contributed by atoms with Crippen molar-refractivity contribution < 1.29 is 9.59 Å². The SMILES string of the molecule is CCCCC(CC)CNC(=O)c1cccc(C(=O)NCC(CC)CCCC)c1. The van der Waals surface area contributed by atoms with Gasteiger partial charge in [0.1, 0.15) is 0 Å². The molecule has 0 aliphatic rings. The first-order valence-corrected chi connectivity index (χ1v) is 11.2. The summed E-state index contributed by atoms with van der Waals surface area (Å²) in [7, 11) is 0. The molecular weight excluding hydrogens is 348 g/mol. The Bertz CT molecular complexity index is 538. The van der Waals surface area contributed by atoms with Crippen molar-refractivity contribution in [2.24, 2.45) is 11.8 Å². The van der Waals surface area contributed by atoms with Gasteiger partial charge in [-0.3, -0.25) is 9.59 Å². The Kier molecular flexibility index (Phi) is 12.3. The molecule has 4 nitrogen and oxygen atoms in total. The molecule has 1 aromatic rings. The molecule has 0 bridgehead atoms. The molecule has 0 aliphatic carbocycles. The molecule has 2 N–H and O–H groups in total. The summed E-state index contributed by atoms with van der Waals surface area (Å²) < 4.78 is 0. The first-order valence-electron chi connectivity index (χ1n) is 11.2. The van der Waals surface area contributed by atoms with Crippen LogP contribution < -0.4 is 10.6 Å². The van der Waals surface area contributed by atoms with E-state index < -0.39 is 0 Å². The average Bonchev–Trinajstić information content (AvgIpc) is 2.73. The number of unbranched alkanes of at least 4 members (excludes halogenated alkanes) is 2. The van der Waals surface area contributed by atoms with Gasteiger partial charge in [0, 0.05) is 24.2 Å². The Morgan fingerprint density at radius 2 is 1.21 bits per heavy atom. The smallest absolute Gasteiger partial charge is 0.251 e. The lowest BCUT2D eigenvalue weighted by molar-refractivity contribution is 0.0945. The van der Waals surface area contributed by atoms with Crippen LogP contribution in [0, 0.1) is 11.8 Å². The van der Waals surface area contributed by atoms with E-state index in [1.54, 1.807) is 24.3 Å². The zero-order chi connectivity index (χ0) is 20.8. The van der Waals surface area contributed by atoms with Crippen molar-refractivity contribution in [2.75, 3.05) is 13.1 Å². The van der Waals surface area contributed by atoms with E-state index in [0.29, 0.717) is 36.1 Å². The van der Waals surface area contributed by atoms with Gasteiger partial charge in [0.05, 0.1) is 0 Å². The highest BCUT2D eigenvalue weighted by Crippen LogP contribution is 2.13. The van der Waals surface area contributed by atoms with Gasteiger partial charge in [-0.05, 0) is 42.9 Å². The van der Waals surface area contributed by atoms with E-state index in [2.05, 4.69) is 38.3 Å². The van der Waals surface area contributed by atoms with Gasteiger partial charge < -0.3 is 10.6 Å². The highest BCUT2D eigenvalue weighted by Gasteiger charge is 2.14. The lowest BCUT2D eigenvalue weighted by Gasteiger charge is -2.16. The lowest BCUT2D eigenvalue weighted by atomic mass is 9.99. The van der Waals surface area contributed by atoms with Crippen LogP contribution >= 0.6 is 0 Å². The molecule has 0 heterocycles. The average molecular weight is 389 g/mol. The summed E-state index contributed by atoms with van der Waals surface area (Å²) >= 11 is 0. The summed E-state index contributed by atoms with van der Waals surface area (Å²) in [6.07, 6.45) is 9.18. The van der Waals surface area contributed by atoms with E-state index in [0.717, 1.165) is 25.7 Å². The molecule has 0 saturated heterocycles. The van der Waals surface area contributed by atoms with Gasteiger partial charge in [0.25, 0.3) is 11.8 Å². The first-order chi connectivity index (χ1) is 13.5. The van der Waals surface area contributed by atoms with Crippen LogP contribution in [0.5, 0.6) is 0 Å². The van der Waals surface area contributed by atoms with Crippen molar-refractivity contribution in [2.45, 2.75) is 79.1 Å². The summed E-state index contributed by atoms with van der Waals surface area (Å²) in [5.41, 5.74) is 1.10. The minimum absolute atomic E-state index is 0.0982. The van der Waals surface area contributed by atoms with E-state index in [-0.39, 0.29) is 11.8 Å². The number of benzene rings is 1. The number of carbonyl (C=O) groups excluding carboxylic acids is 2. The van der Waals surface area contributed by atoms with Gasteiger partial charge in [-0.25, -0.2) is 0 Å². The molecule has 0 spiro atoms. The molecule has 0 fully saturated rings. The molecule has 158 valence electrons. The molecule has 2 amide bonds. The Morgan fingerprint density at radius 3 is 1.57 bits per heavy atom. The molecule has 2 atom stereocenters. The van der Waals surface area contributed by atoms with E-state index in [1.807, 2.05) is 0 Å². The topological polar surface area (TPSA) is 58.2 Å². The minimum atomic E-state index is -0.0982. The van der Waals surface area contributed by atoms with Gasteiger partial charge in [0.2, 0.25) is 0 Å². The van der Waals surface area contributed by atoms with Crippen LogP contribution in [0.25, 0.3) is 0 Å². The van der Waals surface area contributed by atoms with Crippen molar-refractivity contribution >= 4 is 11.8 Å². The van der Waals surface area contributed by atoms with Gasteiger partial charge in [0.15, 0.2) is 0 Å². The summed E-state index contributed by atoms with van der Waals surface area (Å²) in [5, 5.41) is 6.07. The Morgan fingerprint density at radius 1 is 0.786 bits per heavy atom. The maximum absolute atomic E-state index is 12.5. The number of hydrogen-bond donors (Lipinski definition) is 2. The second kappa shape index (κ2) is 14.2. The molecular formula is C24H40N2O2. The summed E-state index contributed by atoms with van der Waals surface area (Å²) in [5.74, 6) is 0.840. The first kappa shape index (κ1) is 24.2. The normalized spacial score (nSPS) is 13.0. The monoisotopic (exact) mass is 388 g/mol. The highest BCUT2D eigenvalue weighted by molar-refractivity contribution is 5.99.